The molecular formula is C14H14Cl2N2O2. The number of hydrogen-bond donors (Lipinski definition) is 1. The van der Waals surface area contributed by atoms with Gasteiger partial charge in [-0.3, -0.25) is 0 Å². The molecule has 0 saturated heterocycles. The molecule has 6 heteroatoms. The van der Waals surface area contributed by atoms with E-state index in [4.69, 9.17) is 32.5 Å². The summed E-state index contributed by atoms with van der Waals surface area (Å²) in [5.74, 6) is 1.20. The fourth-order valence-corrected chi connectivity index (χ4v) is 2.11. The van der Waals surface area contributed by atoms with E-state index < -0.39 is 0 Å². The number of halogens is 2. The molecule has 2 aromatic rings. The maximum absolute atomic E-state index is 6.02. The number of nitrogens with one attached hydrogen (secondary N) is 1. The first-order valence-corrected chi connectivity index (χ1v) is 7.22. The minimum absolute atomic E-state index is 0.274. The van der Waals surface area contributed by atoms with Crippen molar-refractivity contribution in [1.82, 2.24) is 10.5 Å². The Morgan fingerprint density at radius 3 is 2.95 bits per heavy atom. The van der Waals surface area contributed by atoms with Crippen molar-refractivity contribution in [1.29, 1.82) is 0 Å². The summed E-state index contributed by atoms with van der Waals surface area (Å²) in [4.78, 5) is 0. The molecule has 1 aromatic carbocycles. The van der Waals surface area contributed by atoms with Gasteiger partial charge in [-0.05, 0) is 25.0 Å². The summed E-state index contributed by atoms with van der Waals surface area (Å²) in [6.45, 7) is 1.00. The molecule has 0 aliphatic heterocycles. The van der Waals surface area contributed by atoms with Crippen LogP contribution in [0, 0.1) is 0 Å². The smallest absolute Gasteiger partial charge is 0.174 e. The van der Waals surface area contributed by atoms with Crippen molar-refractivity contribution in [3.05, 3.63) is 45.8 Å². The molecule has 0 unspecified atom stereocenters. The predicted octanol–water partition coefficient (Wildman–Crippen LogP) is 3.81. The summed E-state index contributed by atoms with van der Waals surface area (Å²) >= 11 is 11.9. The molecule has 1 fully saturated rings. The van der Waals surface area contributed by atoms with Crippen molar-refractivity contribution >= 4 is 23.2 Å². The molecule has 0 radical (unpaired) electrons. The number of ether oxygens (including phenoxy) is 1. The Kier molecular flexibility index (Phi) is 4.15. The van der Waals surface area contributed by atoms with Gasteiger partial charge in [0.1, 0.15) is 12.4 Å². The van der Waals surface area contributed by atoms with Crippen LogP contribution in [0.2, 0.25) is 10.0 Å². The topological polar surface area (TPSA) is 47.3 Å². The van der Waals surface area contributed by atoms with Gasteiger partial charge in [-0.1, -0.05) is 28.4 Å². The van der Waals surface area contributed by atoms with Gasteiger partial charge >= 0.3 is 0 Å². The molecule has 0 bridgehead atoms. The first-order valence-electron chi connectivity index (χ1n) is 6.46. The zero-order valence-corrected chi connectivity index (χ0v) is 12.2. The highest BCUT2D eigenvalue weighted by Crippen LogP contribution is 2.28. The lowest BCUT2D eigenvalue weighted by Gasteiger charge is -2.05. The van der Waals surface area contributed by atoms with Crippen molar-refractivity contribution < 1.29 is 9.26 Å². The fourth-order valence-electron chi connectivity index (χ4n) is 1.78. The standard InChI is InChI=1S/C14H14Cl2N2O2/c15-9-1-4-13(16)14(5-9)19-8-12-6-11(18-20-12)7-17-10-2-3-10/h1,4-6,10,17H,2-3,7-8H2. The van der Waals surface area contributed by atoms with E-state index in [0.717, 1.165) is 12.2 Å². The Bertz CT molecular complexity index is 597. The van der Waals surface area contributed by atoms with E-state index in [9.17, 15) is 0 Å². The van der Waals surface area contributed by atoms with E-state index in [1.807, 2.05) is 6.07 Å². The number of hydrogen-bond acceptors (Lipinski definition) is 4. The molecular weight excluding hydrogens is 299 g/mol. The van der Waals surface area contributed by atoms with Crippen LogP contribution in [0.25, 0.3) is 0 Å². The largest absolute Gasteiger partial charge is 0.484 e. The SMILES string of the molecule is Clc1ccc(Cl)c(OCc2cc(CNC3CC3)no2)c1. The van der Waals surface area contributed by atoms with Gasteiger partial charge in [0, 0.05) is 29.7 Å². The third-order valence-electron chi connectivity index (χ3n) is 3.02. The van der Waals surface area contributed by atoms with Crippen molar-refractivity contribution in [3.8, 4) is 5.75 Å². The maximum Gasteiger partial charge on any atom is 0.174 e. The summed E-state index contributed by atoms with van der Waals surface area (Å²) in [5.41, 5.74) is 0.882. The zero-order valence-electron chi connectivity index (χ0n) is 10.7. The molecule has 1 aliphatic rings. The van der Waals surface area contributed by atoms with Crippen molar-refractivity contribution in [2.75, 3.05) is 0 Å². The number of aromatic nitrogens is 1. The molecule has 1 aliphatic carbocycles. The monoisotopic (exact) mass is 312 g/mol. The lowest BCUT2D eigenvalue weighted by Crippen LogP contribution is -2.15. The van der Waals surface area contributed by atoms with E-state index in [0.29, 0.717) is 27.6 Å². The van der Waals surface area contributed by atoms with E-state index >= 15 is 0 Å². The van der Waals surface area contributed by atoms with E-state index in [-0.39, 0.29) is 6.61 Å². The van der Waals surface area contributed by atoms with Crippen LogP contribution in [0.5, 0.6) is 5.75 Å². The first-order chi connectivity index (χ1) is 9.70. The lowest BCUT2D eigenvalue weighted by molar-refractivity contribution is 0.248. The van der Waals surface area contributed by atoms with Gasteiger partial charge in [-0.2, -0.15) is 0 Å². The average molecular weight is 313 g/mol. The molecule has 3 rings (SSSR count). The summed E-state index contributed by atoms with van der Waals surface area (Å²) in [6.07, 6.45) is 2.50. The van der Waals surface area contributed by atoms with E-state index in [1.54, 1.807) is 18.2 Å². The lowest BCUT2D eigenvalue weighted by atomic mass is 10.3. The van der Waals surface area contributed by atoms with Gasteiger partial charge in [0.15, 0.2) is 5.76 Å². The highest BCUT2D eigenvalue weighted by Gasteiger charge is 2.20. The Labute approximate surface area is 127 Å². The van der Waals surface area contributed by atoms with Crippen LogP contribution in [-0.2, 0) is 13.2 Å². The van der Waals surface area contributed by atoms with E-state index in [2.05, 4.69) is 10.5 Å². The zero-order chi connectivity index (χ0) is 13.9. The number of nitrogens with zero attached hydrogens (tertiary/aromatic N) is 1. The van der Waals surface area contributed by atoms with Crippen LogP contribution in [0.15, 0.2) is 28.8 Å². The van der Waals surface area contributed by atoms with Crippen molar-refractivity contribution in [2.24, 2.45) is 0 Å². The molecule has 1 heterocycles. The molecule has 1 aromatic heterocycles. The molecule has 1 N–H and O–H groups in total. The Hall–Kier alpha value is -1.23. The minimum atomic E-state index is 0.274. The van der Waals surface area contributed by atoms with Gasteiger partial charge in [0.25, 0.3) is 0 Å². The van der Waals surface area contributed by atoms with Crippen LogP contribution in [0.3, 0.4) is 0 Å². The second-order valence-corrected chi connectivity index (χ2v) is 5.65. The second kappa shape index (κ2) is 6.04. The summed E-state index contributed by atoms with van der Waals surface area (Å²) in [7, 11) is 0. The molecule has 0 amide bonds. The number of benzene rings is 1. The molecule has 0 spiro atoms. The fraction of sp³-hybridized carbons (Fsp3) is 0.357. The van der Waals surface area contributed by atoms with Crippen LogP contribution in [0.4, 0.5) is 0 Å². The van der Waals surface area contributed by atoms with Crippen LogP contribution < -0.4 is 10.1 Å². The summed E-state index contributed by atoms with van der Waals surface area (Å²) in [5, 5.41) is 8.46. The number of rotatable bonds is 6. The molecule has 20 heavy (non-hydrogen) atoms. The van der Waals surface area contributed by atoms with Gasteiger partial charge in [-0.15, -0.1) is 0 Å². The molecule has 1 saturated carbocycles. The van der Waals surface area contributed by atoms with Gasteiger partial charge in [0.2, 0.25) is 0 Å². The first kappa shape index (κ1) is 13.7. The van der Waals surface area contributed by atoms with Gasteiger partial charge in [-0.25, -0.2) is 0 Å². The molecule has 106 valence electrons. The third kappa shape index (κ3) is 3.66. The highest BCUT2D eigenvalue weighted by molar-refractivity contribution is 6.34. The van der Waals surface area contributed by atoms with Gasteiger partial charge in [0.05, 0.1) is 10.7 Å². The maximum atomic E-state index is 6.02. The van der Waals surface area contributed by atoms with Crippen LogP contribution in [0.1, 0.15) is 24.3 Å². The van der Waals surface area contributed by atoms with Crippen molar-refractivity contribution in [3.63, 3.8) is 0 Å². The van der Waals surface area contributed by atoms with Crippen LogP contribution >= 0.6 is 23.2 Å². The third-order valence-corrected chi connectivity index (χ3v) is 3.57. The average Bonchev–Trinajstić information content (AvgIpc) is 3.16. The predicted molar refractivity (Wildman–Crippen MR) is 77.2 cm³/mol. The highest BCUT2D eigenvalue weighted by atomic mass is 35.5. The Balaban J connectivity index is 1.55. The summed E-state index contributed by atoms with van der Waals surface area (Å²) < 4.78 is 10.8. The normalized spacial score (nSPS) is 14.5. The van der Waals surface area contributed by atoms with Crippen LogP contribution in [-0.4, -0.2) is 11.2 Å². The Morgan fingerprint density at radius 2 is 2.15 bits per heavy atom. The Morgan fingerprint density at radius 1 is 1.30 bits per heavy atom. The minimum Gasteiger partial charge on any atom is -0.484 e. The summed E-state index contributed by atoms with van der Waals surface area (Å²) in [6, 6.07) is 7.62. The second-order valence-electron chi connectivity index (χ2n) is 4.80. The molecule has 0 atom stereocenters. The van der Waals surface area contributed by atoms with Crippen molar-refractivity contribution in [2.45, 2.75) is 32.0 Å². The van der Waals surface area contributed by atoms with E-state index in [1.165, 1.54) is 12.8 Å². The van der Waals surface area contributed by atoms with Gasteiger partial charge < -0.3 is 14.6 Å². The molecule has 4 nitrogen and oxygen atoms in total. The quantitative estimate of drug-likeness (QED) is 0.881.